The van der Waals surface area contributed by atoms with Crippen LogP contribution in [0.3, 0.4) is 0 Å². The van der Waals surface area contributed by atoms with E-state index in [4.69, 9.17) is 10.00 Å². The maximum atomic E-state index is 13.6. The van der Waals surface area contributed by atoms with Gasteiger partial charge in [0.25, 0.3) is 0 Å². The van der Waals surface area contributed by atoms with Crippen LogP contribution in [-0.4, -0.2) is 12.6 Å². The molecule has 1 atom stereocenters. The lowest BCUT2D eigenvalue weighted by atomic mass is 10.2. The first-order valence-corrected chi connectivity index (χ1v) is 5.76. The second-order valence-electron chi connectivity index (χ2n) is 3.69. The number of benzene rings is 1. The topological polar surface area (TPSA) is 45.0 Å². The summed E-state index contributed by atoms with van der Waals surface area (Å²) >= 11 is 0. The number of hydrogen-bond acceptors (Lipinski definition) is 3. The Bertz CT molecular complexity index is 401. The number of nitriles is 1. The molecule has 0 spiro atoms. The van der Waals surface area contributed by atoms with Crippen molar-refractivity contribution in [3.63, 3.8) is 0 Å². The summed E-state index contributed by atoms with van der Waals surface area (Å²) in [5.74, 6) is -0.284. The fourth-order valence-electron chi connectivity index (χ4n) is 1.37. The van der Waals surface area contributed by atoms with E-state index < -0.39 is 11.9 Å². The predicted octanol–water partition coefficient (Wildman–Crippen LogP) is 2.62. The highest BCUT2D eigenvalue weighted by Gasteiger charge is 2.10. The van der Waals surface area contributed by atoms with E-state index in [1.54, 1.807) is 12.1 Å². The number of nitrogens with one attached hydrogen (secondary N) is 1. The molecule has 0 heterocycles. The van der Waals surface area contributed by atoms with Crippen LogP contribution in [0.1, 0.15) is 25.8 Å². The molecule has 1 aromatic rings. The molecule has 1 rings (SSSR count). The first-order valence-electron chi connectivity index (χ1n) is 5.76. The van der Waals surface area contributed by atoms with Crippen LogP contribution in [0.2, 0.25) is 0 Å². The van der Waals surface area contributed by atoms with E-state index in [0.717, 1.165) is 12.1 Å². The van der Waals surface area contributed by atoms with Crippen molar-refractivity contribution in [3.05, 3.63) is 29.6 Å². The van der Waals surface area contributed by atoms with Gasteiger partial charge in [0, 0.05) is 6.54 Å². The van der Waals surface area contributed by atoms with Crippen molar-refractivity contribution in [2.45, 2.75) is 32.9 Å². The molecule has 1 unspecified atom stereocenters. The van der Waals surface area contributed by atoms with E-state index in [0.29, 0.717) is 13.0 Å². The van der Waals surface area contributed by atoms with E-state index >= 15 is 0 Å². The van der Waals surface area contributed by atoms with Crippen LogP contribution in [0.15, 0.2) is 18.2 Å². The van der Waals surface area contributed by atoms with Crippen LogP contribution in [0.5, 0.6) is 5.75 Å². The number of hydrogen-bond donors (Lipinski definition) is 1. The fourth-order valence-corrected chi connectivity index (χ4v) is 1.37. The normalized spacial score (nSPS) is 11.9. The Morgan fingerprint density at radius 3 is 2.76 bits per heavy atom. The maximum Gasteiger partial charge on any atom is 0.184 e. The molecule has 0 radical (unpaired) electrons. The molecule has 1 N–H and O–H groups in total. The van der Waals surface area contributed by atoms with Gasteiger partial charge in [-0.1, -0.05) is 19.9 Å². The molecule has 0 aliphatic rings. The molecule has 4 heteroatoms. The first kappa shape index (κ1) is 13.5. The summed E-state index contributed by atoms with van der Waals surface area (Å²) in [6, 6.07) is 6.78. The molecule has 92 valence electrons. The third-order valence-corrected chi connectivity index (χ3v) is 2.36. The average Bonchev–Trinajstić information content (AvgIpc) is 2.35. The lowest BCUT2D eigenvalue weighted by Crippen LogP contribution is -2.14. The standard InChI is InChI=1S/C13H17FN2O/c1-3-11(8-15)17-13-6-5-10(7-12(13)14)9-16-4-2/h5-7,11,16H,3-4,9H2,1-2H3. The average molecular weight is 236 g/mol. The van der Waals surface area contributed by atoms with Crippen LogP contribution in [-0.2, 0) is 6.54 Å². The van der Waals surface area contributed by atoms with E-state index in [-0.39, 0.29) is 5.75 Å². The Morgan fingerprint density at radius 2 is 2.24 bits per heavy atom. The fraction of sp³-hybridized carbons (Fsp3) is 0.462. The summed E-state index contributed by atoms with van der Waals surface area (Å²) in [4.78, 5) is 0. The lowest BCUT2D eigenvalue weighted by Gasteiger charge is -2.12. The second-order valence-corrected chi connectivity index (χ2v) is 3.69. The zero-order valence-electron chi connectivity index (χ0n) is 10.2. The van der Waals surface area contributed by atoms with Gasteiger partial charge in [0.1, 0.15) is 6.07 Å². The molecule has 0 bridgehead atoms. The first-order chi connectivity index (χ1) is 8.21. The van der Waals surface area contributed by atoms with Gasteiger partial charge in [-0.25, -0.2) is 4.39 Å². The molecule has 0 saturated heterocycles. The maximum absolute atomic E-state index is 13.6. The minimum absolute atomic E-state index is 0.138. The predicted molar refractivity (Wildman–Crippen MR) is 64.1 cm³/mol. The van der Waals surface area contributed by atoms with E-state index in [2.05, 4.69) is 5.32 Å². The highest BCUT2D eigenvalue weighted by molar-refractivity contribution is 5.29. The van der Waals surface area contributed by atoms with Gasteiger partial charge in [-0.05, 0) is 30.7 Å². The summed E-state index contributed by atoms with van der Waals surface area (Å²) < 4.78 is 18.9. The molecule has 0 saturated carbocycles. The lowest BCUT2D eigenvalue weighted by molar-refractivity contribution is 0.240. The summed E-state index contributed by atoms with van der Waals surface area (Å²) in [5, 5.41) is 11.9. The van der Waals surface area contributed by atoms with Crippen molar-refractivity contribution in [2.24, 2.45) is 0 Å². The summed E-state index contributed by atoms with van der Waals surface area (Å²) in [7, 11) is 0. The van der Waals surface area contributed by atoms with Crippen LogP contribution >= 0.6 is 0 Å². The molecule has 17 heavy (non-hydrogen) atoms. The summed E-state index contributed by atoms with van der Waals surface area (Å²) in [6.45, 7) is 5.29. The SMILES string of the molecule is CCNCc1ccc(OC(C#N)CC)c(F)c1. The zero-order chi connectivity index (χ0) is 12.7. The molecule has 0 aliphatic carbocycles. The second kappa shape index (κ2) is 6.87. The van der Waals surface area contributed by atoms with Crippen LogP contribution < -0.4 is 10.1 Å². The van der Waals surface area contributed by atoms with E-state index in [1.807, 2.05) is 19.9 Å². The van der Waals surface area contributed by atoms with Crippen molar-refractivity contribution in [1.29, 1.82) is 5.26 Å². The monoisotopic (exact) mass is 236 g/mol. The Kier molecular flexibility index (Phi) is 5.44. The van der Waals surface area contributed by atoms with Crippen molar-refractivity contribution in [2.75, 3.05) is 6.54 Å². The Labute approximate surface area is 101 Å². The summed E-state index contributed by atoms with van der Waals surface area (Å²) in [6.07, 6.45) is -0.0566. The van der Waals surface area contributed by atoms with Crippen LogP contribution in [0, 0.1) is 17.1 Å². The molecule has 1 aromatic carbocycles. The number of halogens is 1. The summed E-state index contributed by atoms with van der Waals surface area (Å²) in [5.41, 5.74) is 0.863. The van der Waals surface area contributed by atoms with Gasteiger partial charge in [0.2, 0.25) is 0 Å². The third-order valence-electron chi connectivity index (χ3n) is 2.36. The zero-order valence-corrected chi connectivity index (χ0v) is 10.2. The van der Waals surface area contributed by atoms with Gasteiger partial charge < -0.3 is 10.1 Å². The number of rotatable bonds is 6. The van der Waals surface area contributed by atoms with Crippen molar-refractivity contribution < 1.29 is 9.13 Å². The third kappa shape index (κ3) is 4.04. The molecule has 0 aromatic heterocycles. The van der Waals surface area contributed by atoms with Crippen molar-refractivity contribution >= 4 is 0 Å². The molecule has 3 nitrogen and oxygen atoms in total. The smallest absolute Gasteiger partial charge is 0.184 e. The van der Waals surface area contributed by atoms with Gasteiger partial charge in [0.15, 0.2) is 17.7 Å². The van der Waals surface area contributed by atoms with Crippen molar-refractivity contribution in [1.82, 2.24) is 5.32 Å². The van der Waals surface area contributed by atoms with Crippen LogP contribution in [0.25, 0.3) is 0 Å². The molecular weight excluding hydrogens is 219 g/mol. The van der Waals surface area contributed by atoms with Gasteiger partial charge in [-0.15, -0.1) is 0 Å². The van der Waals surface area contributed by atoms with E-state index in [1.165, 1.54) is 6.07 Å². The Morgan fingerprint density at radius 1 is 1.47 bits per heavy atom. The minimum atomic E-state index is -0.593. The van der Waals surface area contributed by atoms with Gasteiger partial charge in [0.05, 0.1) is 0 Å². The number of ether oxygens (including phenoxy) is 1. The van der Waals surface area contributed by atoms with E-state index in [9.17, 15) is 4.39 Å². The molecule has 0 fully saturated rings. The van der Waals surface area contributed by atoms with Gasteiger partial charge >= 0.3 is 0 Å². The quantitative estimate of drug-likeness (QED) is 0.825. The Hall–Kier alpha value is -1.60. The van der Waals surface area contributed by atoms with Crippen molar-refractivity contribution in [3.8, 4) is 11.8 Å². The minimum Gasteiger partial charge on any atom is -0.473 e. The van der Waals surface area contributed by atoms with Gasteiger partial charge in [-0.2, -0.15) is 5.26 Å². The molecule has 0 amide bonds. The van der Waals surface area contributed by atoms with Gasteiger partial charge in [-0.3, -0.25) is 0 Å². The highest BCUT2D eigenvalue weighted by Crippen LogP contribution is 2.20. The largest absolute Gasteiger partial charge is 0.473 e. The molecule has 0 aliphatic heterocycles. The Balaban J connectivity index is 2.72. The highest BCUT2D eigenvalue weighted by atomic mass is 19.1. The molecular formula is C13H17FN2O. The number of nitrogens with zero attached hydrogens (tertiary/aromatic N) is 1. The van der Waals surface area contributed by atoms with Crippen LogP contribution in [0.4, 0.5) is 4.39 Å².